The molecule has 2 rings (SSSR count). The minimum Gasteiger partial charge on any atom is -0.370 e. The average molecular weight is 294 g/mol. The summed E-state index contributed by atoms with van der Waals surface area (Å²) in [5.74, 6) is 0.540. The summed E-state index contributed by atoms with van der Waals surface area (Å²) in [5.41, 5.74) is 5.94. The highest BCUT2D eigenvalue weighted by Gasteiger charge is 2.24. The Morgan fingerprint density at radius 1 is 1.45 bits per heavy atom. The van der Waals surface area contributed by atoms with Gasteiger partial charge in [-0.3, -0.25) is 9.89 Å². The van der Waals surface area contributed by atoms with Crippen LogP contribution in [-0.4, -0.2) is 36.0 Å². The van der Waals surface area contributed by atoms with Gasteiger partial charge >= 0.3 is 0 Å². The van der Waals surface area contributed by atoms with Gasteiger partial charge < -0.3 is 11.1 Å². The molecule has 20 heavy (non-hydrogen) atoms. The summed E-state index contributed by atoms with van der Waals surface area (Å²) in [4.78, 5) is 8.47. The first-order chi connectivity index (χ1) is 9.46. The lowest BCUT2D eigenvalue weighted by Crippen LogP contribution is -2.45. The Hall–Kier alpha value is -1.07. The van der Waals surface area contributed by atoms with Crippen molar-refractivity contribution in [3.63, 3.8) is 0 Å². The SMILES string of the molecule is CC(C)(C)NC(N)=NCC(c1cccs1)N1CCCC1. The van der Waals surface area contributed by atoms with Gasteiger partial charge in [-0.25, -0.2) is 0 Å². The number of nitrogens with zero attached hydrogens (tertiary/aromatic N) is 2. The lowest BCUT2D eigenvalue weighted by molar-refractivity contribution is 0.255. The molecule has 0 amide bonds. The number of likely N-dealkylation sites (tertiary alicyclic amines) is 1. The molecule has 1 aliphatic heterocycles. The van der Waals surface area contributed by atoms with Crippen LogP contribution in [0.25, 0.3) is 0 Å². The molecule has 0 saturated carbocycles. The van der Waals surface area contributed by atoms with Gasteiger partial charge in [-0.2, -0.15) is 0 Å². The zero-order chi connectivity index (χ0) is 14.6. The van der Waals surface area contributed by atoms with Crippen molar-refractivity contribution in [2.45, 2.75) is 45.2 Å². The largest absolute Gasteiger partial charge is 0.370 e. The van der Waals surface area contributed by atoms with E-state index in [1.165, 1.54) is 30.8 Å². The van der Waals surface area contributed by atoms with Crippen LogP contribution in [0.2, 0.25) is 0 Å². The molecule has 3 N–H and O–H groups in total. The van der Waals surface area contributed by atoms with E-state index in [9.17, 15) is 0 Å². The molecular weight excluding hydrogens is 268 g/mol. The van der Waals surface area contributed by atoms with Crippen LogP contribution in [0.5, 0.6) is 0 Å². The van der Waals surface area contributed by atoms with E-state index in [0.29, 0.717) is 12.0 Å². The fourth-order valence-corrected chi connectivity index (χ4v) is 3.38. The van der Waals surface area contributed by atoms with Crippen LogP contribution in [0.1, 0.15) is 44.5 Å². The summed E-state index contributed by atoms with van der Waals surface area (Å²) in [5, 5.41) is 5.36. The smallest absolute Gasteiger partial charge is 0.189 e. The number of hydrogen-bond acceptors (Lipinski definition) is 3. The van der Waals surface area contributed by atoms with Crippen LogP contribution in [0, 0.1) is 0 Å². The van der Waals surface area contributed by atoms with Crippen LogP contribution in [0.4, 0.5) is 0 Å². The Kier molecular flexibility index (Phi) is 5.05. The third-order valence-electron chi connectivity index (χ3n) is 3.39. The summed E-state index contributed by atoms with van der Waals surface area (Å²) in [6, 6.07) is 4.69. The first kappa shape index (κ1) is 15.3. The Morgan fingerprint density at radius 2 is 2.15 bits per heavy atom. The Labute approximate surface area is 126 Å². The van der Waals surface area contributed by atoms with Crippen LogP contribution in [0.3, 0.4) is 0 Å². The van der Waals surface area contributed by atoms with Gasteiger partial charge in [0.1, 0.15) is 0 Å². The molecule has 1 aromatic rings. The number of thiophene rings is 1. The number of nitrogens with one attached hydrogen (secondary N) is 1. The highest BCUT2D eigenvalue weighted by molar-refractivity contribution is 7.10. The predicted octanol–water partition coefficient (Wildman–Crippen LogP) is 2.59. The highest BCUT2D eigenvalue weighted by atomic mass is 32.1. The monoisotopic (exact) mass is 294 g/mol. The standard InChI is InChI=1S/C15H26N4S/c1-15(2,3)18-14(16)17-11-12(13-7-6-10-20-13)19-8-4-5-9-19/h6-7,10,12H,4-5,8-9,11H2,1-3H3,(H3,16,17,18). The number of aliphatic imine (C=N–C) groups is 1. The topological polar surface area (TPSA) is 53.6 Å². The van der Waals surface area contributed by atoms with Crippen molar-refractivity contribution < 1.29 is 0 Å². The van der Waals surface area contributed by atoms with Crippen molar-refractivity contribution in [1.82, 2.24) is 10.2 Å². The van der Waals surface area contributed by atoms with E-state index in [-0.39, 0.29) is 5.54 Å². The Bertz CT molecular complexity index is 427. The van der Waals surface area contributed by atoms with E-state index >= 15 is 0 Å². The summed E-state index contributed by atoms with van der Waals surface area (Å²) >= 11 is 1.81. The summed E-state index contributed by atoms with van der Waals surface area (Å²) in [6.45, 7) is 9.34. The molecule has 0 radical (unpaired) electrons. The van der Waals surface area contributed by atoms with Crippen molar-refractivity contribution in [3.05, 3.63) is 22.4 Å². The molecule has 0 aliphatic carbocycles. The molecule has 1 atom stereocenters. The van der Waals surface area contributed by atoms with Gasteiger partial charge in [0.15, 0.2) is 5.96 Å². The maximum atomic E-state index is 5.98. The second-order valence-electron chi connectivity index (χ2n) is 6.38. The Morgan fingerprint density at radius 3 is 2.70 bits per heavy atom. The van der Waals surface area contributed by atoms with Crippen molar-refractivity contribution in [1.29, 1.82) is 0 Å². The molecule has 0 spiro atoms. The average Bonchev–Trinajstić information content (AvgIpc) is 2.98. The maximum Gasteiger partial charge on any atom is 0.189 e. The lowest BCUT2D eigenvalue weighted by Gasteiger charge is -2.26. The molecule has 1 fully saturated rings. The summed E-state index contributed by atoms with van der Waals surface area (Å²) in [7, 11) is 0. The number of guanidine groups is 1. The highest BCUT2D eigenvalue weighted by Crippen LogP contribution is 2.28. The van der Waals surface area contributed by atoms with Crippen molar-refractivity contribution in [3.8, 4) is 0 Å². The molecule has 0 bridgehead atoms. The van der Waals surface area contributed by atoms with Crippen LogP contribution in [0.15, 0.2) is 22.5 Å². The van der Waals surface area contributed by atoms with Crippen molar-refractivity contribution in [2.24, 2.45) is 10.7 Å². The first-order valence-corrected chi connectivity index (χ1v) is 8.19. The molecule has 1 saturated heterocycles. The maximum absolute atomic E-state index is 5.98. The van der Waals surface area contributed by atoms with Crippen LogP contribution >= 0.6 is 11.3 Å². The third kappa shape index (κ3) is 4.49. The van der Waals surface area contributed by atoms with E-state index in [2.05, 4.69) is 53.5 Å². The fraction of sp³-hybridized carbons (Fsp3) is 0.667. The molecule has 0 aromatic carbocycles. The predicted molar refractivity (Wildman–Crippen MR) is 87.2 cm³/mol. The summed E-state index contributed by atoms with van der Waals surface area (Å²) in [6.07, 6.45) is 2.59. The molecule has 4 nitrogen and oxygen atoms in total. The van der Waals surface area contributed by atoms with Gasteiger partial charge in [0.05, 0.1) is 12.6 Å². The minimum atomic E-state index is -0.0420. The van der Waals surface area contributed by atoms with Crippen molar-refractivity contribution >= 4 is 17.3 Å². The second-order valence-corrected chi connectivity index (χ2v) is 7.35. The Balaban J connectivity index is 2.03. The van der Waals surface area contributed by atoms with E-state index < -0.39 is 0 Å². The van der Waals surface area contributed by atoms with Crippen LogP contribution in [-0.2, 0) is 0 Å². The van der Waals surface area contributed by atoms with Gasteiger partial charge in [0.25, 0.3) is 0 Å². The van der Waals surface area contributed by atoms with Crippen molar-refractivity contribution in [2.75, 3.05) is 19.6 Å². The quantitative estimate of drug-likeness (QED) is 0.663. The molecular formula is C15H26N4S. The van der Waals surface area contributed by atoms with E-state index in [4.69, 9.17) is 5.73 Å². The second kappa shape index (κ2) is 6.59. The number of rotatable bonds is 4. The first-order valence-electron chi connectivity index (χ1n) is 7.31. The van der Waals surface area contributed by atoms with Gasteiger partial charge in [0, 0.05) is 10.4 Å². The molecule has 2 heterocycles. The minimum absolute atomic E-state index is 0.0420. The van der Waals surface area contributed by atoms with Gasteiger partial charge in [-0.15, -0.1) is 11.3 Å². The summed E-state index contributed by atoms with van der Waals surface area (Å²) < 4.78 is 0. The third-order valence-corrected chi connectivity index (χ3v) is 4.36. The normalized spacial score (nSPS) is 19.2. The fourth-order valence-electron chi connectivity index (χ4n) is 2.53. The molecule has 1 aromatic heterocycles. The van der Waals surface area contributed by atoms with Gasteiger partial charge in [-0.05, 0) is 58.1 Å². The van der Waals surface area contributed by atoms with Gasteiger partial charge in [-0.1, -0.05) is 6.07 Å². The van der Waals surface area contributed by atoms with Gasteiger partial charge in [0.2, 0.25) is 0 Å². The zero-order valence-electron chi connectivity index (χ0n) is 12.7. The molecule has 1 unspecified atom stereocenters. The molecule has 112 valence electrons. The van der Waals surface area contributed by atoms with E-state index in [0.717, 1.165) is 6.54 Å². The van der Waals surface area contributed by atoms with E-state index in [1.54, 1.807) is 0 Å². The molecule has 1 aliphatic rings. The molecule has 5 heteroatoms. The van der Waals surface area contributed by atoms with E-state index in [1.807, 2.05) is 11.3 Å². The lowest BCUT2D eigenvalue weighted by atomic mass is 10.1. The zero-order valence-corrected chi connectivity index (χ0v) is 13.5. The number of hydrogen-bond donors (Lipinski definition) is 2. The van der Waals surface area contributed by atoms with Crippen LogP contribution < -0.4 is 11.1 Å². The number of nitrogens with two attached hydrogens (primary N) is 1.